The van der Waals surface area contributed by atoms with E-state index in [9.17, 15) is 4.79 Å². The maximum Gasteiger partial charge on any atom is 0.253 e. The molecule has 6 heteroatoms. The smallest absolute Gasteiger partial charge is 0.253 e. The normalized spacial score (nSPS) is 15.8. The maximum atomic E-state index is 12.0. The van der Waals surface area contributed by atoms with Crippen LogP contribution in [-0.2, 0) is 6.42 Å². The molecule has 0 bridgehead atoms. The van der Waals surface area contributed by atoms with Crippen LogP contribution in [0.4, 0.5) is 0 Å². The van der Waals surface area contributed by atoms with E-state index in [1.807, 2.05) is 24.3 Å². The van der Waals surface area contributed by atoms with Crippen molar-refractivity contribution in [1.29, 1.82) is 0 Å². The lowest BCUT2D eigenvalue weighted by atomic mass is 10.1. The van der Waals surface area contributed by atoms with Crippen molar-refractivity contribution in [3.05, 3.63) is 35.4 Å². The third-order valence-corrected chi connectivity index (χ3v) is 4.47. The summed E-state index contributed by atoms with van der Waals surface area (Å²) in [6, 6.07) is 8.20. The highest BCUT2D eigenvalue weighted by Gasteiger charge is 2.12. The average molecular weight is 458 g/mol. The fraction of sp³-hybridized carbons (Fsp3) is 0.579. The summed E-state index contributed by atoms with van der Waals surface area (Å²) in [5, 5.41) is 3.36. The van der Waals surface area contributed by atoms with Crippen LogP contribution in [0.2, 0.25) is 0 Å². The number of hydrogen-bond acceptors (Lipinski definition) is 2. The van der Waals surface area contributed by atoms with E-state index in [0.717, 1.165) is 12.0 Å². The Bertz CT molecular complexity index is 566. The molecule has 0 atom stereocenters. The summed E-state index contributed by atoms with van der Waals surface area (Å²) in [6.45, 7) is 0.630. The molecule has 0 aromatic heterocycles. The molecule has 1 aromatic rings. The minimum absolute atomic E-state index is 0. The molecule has 25 heavy (non-hydrogen) atoms. The van der Waals surface area contributed by atoms with Gasteiger partial charge in [-0.1, -0.05) is 37.8 Å². The number of aliphatic imine (C=N–C) groups is 1. The van der Waals surface area contributed by atoms with Gasteiger partial charge in [0, 0.05) is 32.2 Å². The summed E-state index contributed by atoms with van der Waals surface area (Å²) in [6.07, 6.45) is 8.36. The molecule has 2 rings (SSSR count). The van der Waals surface area contributed by atoms with Gasteiger partial charge in [0.15, 0.2) is 5.96 Å². The zero-order valence-corrected chi connectivity index (χ0v) is 17.7. The van der Waals surface area contributed by atoms with E-state index in [0.29, 0.717) is 24.1 Å². The quantitative estimate of drug-likeness (QED) is 0.308. The molecule has 1 amide bonds. The van der Waals surface area contributed by atoms with Gasteiger partial charge in [0.25, 0.3) is 5.91 Å². The summed E-state index contributed by atoms with van der Waals surface area (Å²) in [5.41, 5.74) is 7.83. The van der Waals surface area contributed by atoms with Crippen LogP contribution >= 0.6 is 24.0 Å². The maximum absolute atomic E-state index is 12.0. The van der Waals surface area contributed by atoms with Crippen LogP contribution in [0.1, 0.15) is 54.4 Å². The van der Waals surface area contributed by atoms with Gasteiger partial charge < -0.3 is 16.0 Å². The molecule has 1 aliphatic carbocycles. The largest absolute Gasteiger partial charge is 0.370 e. The van der Waals surface area contributed by atoms with Crippen LogP contribution in [0, 0.1) is 0 Å². The number of carbonyl (C=O) groups excluding carboxylic acids is 1. The number of halogens is 1. The number of nitrogens with one attached hydrogen (secondary N) is 1. The molecular weight excluding hydrogens is 427 g/mol. The summed E-state index contributed by atoms with van der Waals surface area (Å²) in [7, 11) is 3.53. The van der Waals surface area contributed by atoms with Gasteiger partial charge in [0.1, 0.15) is 0 Å². The fourth-order valence-electron chi connectivity index (χ4n) is 3.10. The Morgan fingerprint density at radius 1 is 1.24 bits per heavy atom. The number of nitrogens with two attached hydrogens (primary N) is 1. The highest BCUT2D eigenvalue weighted by Crippen LogP contribution is 2.17. The number of carbonyl (C=O) groups is 1. The van der Waals surface area contributed by atoms with E-state index in [1.165, 1.54) is 38.5 Å². The Balaban J connectivity index is 0.00000312. The SMILES string of the molecule is CN(C)C(=O)c1cccc(CCN=C(N)NC2CCCCCC2)c1.I. The van der Waals surface area contributed by atoms with E-state index in [2.05, 4.69) is 10.3 Å². The minimum Gasteiger partial charge on any atom is -0.370 e. The molecule has 1 fully saturated rings. The molecule has 0 saturated heterocycles. The van der Waals surface area contributed by atoms with Gasteiger partial charge in [-0.15, -0.1) is 24.0 Å². The lowest BCUT2D eigenvalue weighted by Crippen LogP contribution is -2.40. The molecule has 0 radical (unpaired) electrons. The van der Waals surface area contributed by atoms with Crippen molar-refractivity contribution in [3.63, 3.8) is 0 Å². The average Bonchev–Trinajstić information content (AvgIpc) is 2.83. The van der Waals surface area contributed by atoms with Crippen LogP contribution in [0.5, 0.6) is 0 Å². The predicted molar refractivity (Wildman–Crippen MR) is 115 cm³/mol. The monoisotopic (exact) mass is 458 g/mol. The van der Waals surface area contributed by atoms with Gasteiger partial charge in [-0.25, -0.2) is 0 Å². The predicted octanol–water partition coefficient (Wildman–Crippen LogP) is 3.18. The highest BCUT2D eigenvalue weighted by atomic mass is 127. The molecule has 1 aromatic carbocycles. The van der Waals surface area contributed by atoms with Crippen molar-refractivity contribution < 1.29 is 4.79 Å². The highest BCUT2D eigenvalue weighted by molar-refractivity contribution is 14.0. The topological polar surface area (TPSA) is 70.7 Å². The fourth-order valence-corrected chi connectivity index (χ4v) is 3.10. The lowest BCUT2D eigenvalue weighted by Gasteiger charge is -2.16. The second-order valence-electron chi connectivity index (χ2n) is 6.75. The minimum atomic E-state index is 0. The van der Waals surface area contributed by atoms with E-state index in [1.54, 1.807) is 19.0 Å². The van der Waals surface area contributed by atoms with Gasteiger partial charge in [0.05, 0.1) is 0 Å². The molecule has 0 unspecified atom stereocenters. The molecular formula is C19H31IN4O. The zero-order valence-electron chi connectivity index (χ0n) is 15.3. The van der Waals surface area contributed by atoms with Crippen molar-refractivity contribution >= 4 is 35.8 Å². The van der Waals surface area contributed by atoms with Crippen molar-refractivity contribution in [1.82, 2.24) is 10.2 Å². The number of nitrogens with zero attached hydrogens (tertiary/aromatic N) is 2. The standard InChI is InChI=1S/C19H30N4O.HI/c1-23(2)18(24)16-9-7-8-15(14-16)12-13-21-19(20)22-17-10-5-3-4-6-11-17;/h7-9,14,17H,3-6,10-13H2,1-2H3,(H3,20,21,22);1H. The van der Waals surface area contributed by atoms with Crippen molar-refractivity contribution in [3.8, 4) is 0 Å². The Kier molecular flexibility index (Phi) is 9.85. The third-order valence-electron chi connectivity index (χ3n) is 4.47. The van der Waals surface area contributed by atoms with Gasteiger partial charge in [-0.3, -0.25) is 9.79 Å². The van der Waals surface area contributed by atoms with Crippen LogP contribution in [-0.4, -0.2) is 43.4 Å². The van der Waals surface area contributed by atoms with Crippen LogP contribution in [0.3, 0.4) is 0 Å². The van der Waals surface area contributed by atoms with Gasteiger partial charge in [-0.05, 0) is 37.0 Å². The Morgan fingerprint density at radius 3 is 2.56 bits per heavy atom. The third kappa shape index (κ3) is 7.63. The number of benzene rings is 1. The van der Waals surface area contributed by atoms with Crippen molar-refractivity contribution in [2.45, 2.75) is 51.0 Å². The summed E-state index contributed by atoms with van der Waals surface area (Å²) in [5.74, 6) is 0.567. The Labute approximate surface area is 168 Å². The Hall–Kier alpha value is -1.31. The van der Waals surface area contributed by atoms with Crippen LogP contribution in [0.25, 0.3) is 0 Å². The molecule has 3 N–H and O–H groups in total. The molecule has 0 aliphatic heterocycles. The summed E-state index contributed by atoms with van der Waals surface area (Å²) in [4.78, 5) is 18.0. The first-order valence-corrected chi connectivity index (χ1v) is 8.93. The van der Waals surface area contributed by atoms with Gasteiger partial charge in [-0.2, -0.15) is 0 Å². The van der Waals surface area contributed by atoms with Crippen LogP contribution in [0.15, 0.2) is 29.3 Å². The first-order valence-electron chi connectivity index (χ1n) is 8.93. The second-order valence-corrected chi connectivity index (χ2v) is 6.75. The number of amides is 1. The molecule has 1 aliphatic rings. The number of hydrogen-bond donors (Lipinski definition) is 2. The molecule has 5 nitrogen and oxygen atoms in total. The van der Waals surface area contributed by atoms with Gasteiger partial charge >= 0.3 is 0 Å². The molecule has 0 heterocycles. The summed E-state index contributed by atoms with van der Waals surface area (Å²) >= 11 is 0. The van der Waals surface area contributed by atoms with E-state index in [-0.39, 0.29) is 29.9 Å². The second kappa shape index (κ2) is 11.3. The Morgan fingerprint density at radius 2 is 1.92 bits per heavy atom. The first kappa shape index (κ1) is 21.7. The number of guanidine groups is 1. The van der Waals surface area contributed by atoms with Gasteiger partial charge in [0.2, 0.25) is 0 Å². The zero-order chi connectivity index (χ0) is 17.4. The lowest BCUT2D eigenvalue weighted by molar-refractivity contribution is 0.0827. The summed E-state index contributed by atoms with van der Waals surface area (Å²) < 4.78 is 0. The van der Waals surface area contributed by atoms with E-state index < -0.39 is 0 Å². The van der Waals surface area contributed by atoms with Crippen LogP contribution < -0.4 is 11.1 Å². The van der Waals surface area contributed by atoms with Crippen molar-refractivity contribution in [2.75, 3.05) is 20.6 Å². The molecule has 1 saturated carbocycles. The van der Waals surface area contributed by atoms with E-state index >= 15 is 0 Å². The number of rotatable bonds is 5. The molecule has 0 spiro atoms. The van der Waals surface area contributed by atoms with E-state index in [4.69, 9.17) is 5.73 Å². The van der Waals surface area contributed by atoms with Crippen molar-refractivity contribution in [2.24, 2.45) is 10.7 Å². The first-order chi connectivity index (χ1) is 11.6. The molecule has 140 valence electrons.